The van der Waals surface area contributed by atoms with Crippen LogP contribution in [0.5, 0.6) is 5.75 Å². The minimum absolute atomic E-state index is 0.193. The van der Waals surface area contributed by atoms with Gasteiger partial charge in [0.05, 0.1) is 23.8 Å². The van der Waals surface area contributed by atoms with Crippen LogP contribution in [0.1, 0.15) is 18.4 Å². The predicted molar refractivity (Wildman–Crippen MR) is 122 cm³/mol. The van der Waals surface area contributed by atoms with Crippen molar-refractivity contribution in [3.05, 3.63) is 54.6 Å². The number of esters is 1. The van der Waals surface area contributed by atoms with Crippen molar-refractivity contribution in [1.82, 2.24) is 4.98 Å². The lowest BCUT2D eigenvalue weighted by molar-refractivity contribution is -0.142. The number of carbonyl (C=O) groups is 1. The van der Waals surface area contributed by atoms with Crippen LogP contribution in [-0.2, 0) is 16.0 Å². The van der Waals surface area contributed by atoms with Gasteiger partial charge in [0.1, 0.15) is 12.4 Å². The molecule has 3 rings (SSSR count). The summed E-state index contributed by atoms with van der Waals surface area (Å²) in [6.45, 7) is 4.55. The van der Waals surface area contributed by atoms with E-state index in [1.54, 1.807) is 13.2 Å². The summed E-state index contributed by atoms with van der Waals surface area (Å²) < 4.78 is 10.4. The number of hydrogen-bond acceptors (Lipinski definition) is 6. The second-order valence-electron chi connectivity index (χ2n) is 6.70. The molecule has 0 amide bonds. The van der Waals surface area contributed by atoms with E-state index in [4.69, 9.17) is 14.5 Å². The molecular weight excluding hydrogens is 384 g/mol. The highest BCUT2D eigenvalue weighted by Gasteiger charge is 2.11. The van der Waals surface area contributed by atoms with Crippen molar-refractivity contribution in [2.24, 2.45) is 0 Å². The van der Waals surface area contributed by atoms with E-state index in [9.17, 15) is 4.79 Å². The van der Waals surface area contributed by atoms with E-state index >= 15 is 0 Å². The van der Waals surface area contributed by atoms with Crippen molar-refractivity contribution in [2.45, 2.75) is 19.3 Å². The van der Waals surface area contributed by atoms with Gasteiger partial charge in [0.2, 0.25) is 0 Å². The van der Waals surface area contributed by atoms with Gasteiger partial charge in [-0.05, 0) is 48.7 Å². The lowest BCUT2D eigenvalue weighted by Crippen LogP contribution is -2.05. The summed E-state index contributed by atoms with van der Waals surface area (Å²) in [5.41, 5.74) is 4.04. The molecule has 152 valence electrons. The zero-order valence-electron chi connectivity index (χ0n) is 16.6. The number of hydrogen-bond donors (Lipinski definition) is 2. The summed E-state index contributed by atoms with van der Waals surface area (Å²) in [7, 11) is 1.66. The number of nitrogens with zero attached hydrogens (tertiary/aromatic N) is 1. The van der Waals surface area contributed by atoms with E-state index in [0.29, 0.717) is 6.42 Å². The van der Waals surface area contributed by atoms with E-state index in [0.717, 1.165) is 63.9 Å². The van der Waals surface area contributed by atoms with Crippen LogP contribution >= 0.6 is 12.6 Å². The summed E-state index contributed by atoms with van der Waals surface area (Å²) in [5, 5.41) is 5.57. The zero-order chi connectivity index (χ0) is 20.6. The first-order valence-electron chi connectivity index (χ1n) is 9.68. The highest BCUT2D eigenvalue weighted by molar-refractivity contribution is 7.80. The normalized spacial score (nSPS) is 10.8. The number of aryl methyl sites for hydroxylation is 1. The molecule has 0 atom stereocenters. The lowest BCUT2D eigenvalue weighted by atomic mass is 10.0. The van der Waals surface area contributed by atoms with Gasteiger partial charge < -0.3 is 14.8 Å². The topological polar surface area (TPSA) is 60.5 Å². The monoisotopic (exact) mass is 410 g/mol. The highest BCUT2D eigenvalue weighted by atomic mass is 32.1. The Morgan fingerprint density at radius 3 is 2.69 bits per heavy atom. The third-order valence-electron chi connectivity index (χ3n) is 4.67. The summed E-state index contributed by atoms with van der Waals surface area (Å²) >= 11 is 4.34. The average molecular weight is 411 g/mol. The van der Waals surface area contributed by atoms with E-state index in [1.807, 2.05) is 24.3 Å². The first-order valence-corrected chi connectivity index (χ1v) is 10.3. The van der Waals surface area contributed by atoms with Crippen molar-refractivity contribution < 1.29 is 14.3 Å². The molecule has 0 spiro atoms. The van der Waals surface area contributed by atoms with E-state index in [-0.39, 0.29) is 12.6 Å². The molecule has 1 heterocycles. The number of thiol groups is 1. The fourth-order valence-corrected chi connectivity index (χ4v) is 3.40. The predicted octanol–water partition coefficient (Wildman–Crippen LogP) is 4.79. The van der Waals surface area contributed by atoms with Crippen LogP contribution in [0, 0.1) is 0 Å². The molecule has 2 aromatic carbocycles. The number of benzene rings is 2. The van der Waals surface area contributed by atoms with Gasteiger partial charge in [0, 0.05) is 29.5 Å². The van der Waals surface area contributed by atoms with Gasteiger partial charge in [0.25, 0.3) is 0 Å². The Kier molecular flexibility index (Phi) is 7.36. The maximum atomic E-state index is 11.7. The van der Waals surface area contributed by atoms with Gasteiger partial charge >= 0.3 is 5.97 Å². The molecule has 0 radical (unpaired) electrons. The minimum Gasteiger partial charge on any atom is -0.497 e. The second kappa shape index (κ2) is 10.2. The van der Waals surface area contributed by atoms with Gasteiger partial charge in [-0.1, -0.05) is 18.7 Å². The largest absolute Gasteiger partial charge is 0.497 e. The number of aromatic nitrogens is 1. The number of carbonyl (C=O) groups excluding carboxylic acids is 1. The first-order chi connectivity index (χ1) is 14.2. The molecule has 0 aliphatic rings. The van der Waals surface area contributed by atoms with Gasteiger partial charge in [-0.3, -0.25) is 4.79 Å². The molecule has 5 nitrogen and oxygen atoms in total. The third kappa shape index (κ3) is 5.21. The van der Waals surface area contributed by atoms with Gasteiger partial charge in [-0.25, -0.2) is 4.98 Å². The SMILES string of the molecule is C=CCOC(=O)CCCc1ccc2nc3ccc(OC)cc3c(NCCS)c2c1. The molecule has 0 fully saturated rings. The molecule has 0 saturated carbocycles. The molecule has 0 saturated heterocycles. The van der Waals surface area contributed by atoms with Crippen molar-refractivity contribution in [3.8, 4) is 5.75 Å². The molecule has 29 heavy (non-hydrogen) atoms. The van der Waals surface area contributed by atoms with Crippen LogP contribution in [0.2, 0.25) is 0 Å². The van der Waals surface area contributed by atoms with Gasteiger partial charge in [-0.2, -0.15) is 12.6 Å². The van der Waals surface area contributed by atoms with Crippen molar-refractivity contribution in [1.29, 1.82) is 0 Å². The minimum atomic E-state index is -0.193. The molecule has 1 N–H and O–H groups in total. The summed E-state index contributed by atoms with van der Waals surface area (Å²) in [5.74, 6) is 1.32. The Morgan fingerprint density at radius 2 is 1.97 bits per heavy atom. The molecule has 3 aromatic rings. The van der Waals surface area contributed by atoms with E-state index in [2.05, 4.69) is 36.7 Å². The van der Waals surface area contributed by atoms with Gasteiger partial charge in [0.15, 0.2) is 0 Å². The van der Waals surface area contributed by atoms with E-state index in [1.165, 1.54) is 0 Å². The third-order valence-corrected chi connectivity index (χ3v) is 4.89. The Bertz CT molecular complexity index is 1020. The number of anilines is 1. The standard InChI is InChI=1S/C23H26N2O3S/c1-3-12-28-22(26)6-4-5-16-7-9-20-18(14-16)23(24-11-13-29)19-15-17(27-2)8-10-21(19)25-20/h3,7-10,14-15,29H,1,4-6,11-13H2,2H3,(H,24,25). The maximum absolute atomic E-state index is 11.7. The van der Waals surface area contributed by atoms with Crippen molar-refractivity contribution >= 4 is 46.1 Å². The number of pyridine rings is 1. The van der Waals surface area contributed by atoms with Crippen molar-refractivity contribution in [3.63, 3.8) is 0 Å². The Morgan fingerprint density at radius 1 is 1.21 bits per heavy atom. The summed E-state index contributed by atoms with van der Waals surface area (Å²) in [6, 6.07) is 12.2. The molecule has 6 heteroatoms. The van der Waals surface area contributed by atoms with Gasteiger partial charge in [-0.15, -0.1) is 0 Å². The molecule has 0 aliphatic heterocycles. The fraction of sp³-hybridized carbons (Fsp3) is 0.304. The number of ether oxygens (including phenoxy) is 2. The average Bonchev–Trinajstić information content (AvgIpc) is 2.75. The van der Waals surface area contributed by atoms with Crippen LogP contribution in [0.3, 0.4) is 0 Å². The number of nitrogens with one attached hydrogen (secondary N) is 1. The van der Waals surface area contributed by atoms with Crippen LogP contribution in [0.15, 0.2) is 49.1 Å². The molecular formula is C23H26N2O3S. The van der Waals surface area contributed by atoms with E-state index < -0.39 is 0 Å². The van der Waals surface area contributed by atoms with Crippen LogP contribution in [-0.4, -0.2) is 37.0 Å². The van der Waals surface area contributed by atoms with Crippen LogP contribution in [0.4, 0.5) is 5.69 Å². The first kappa shape index (κ1) is 21.0. The molecule has 0 aliphatic carbocycles. The number of fused-ring (bicyclic) bond motifs is 2. The lowest BCUT2D eigenvalue weighted by Gasteiger charge is -2.14. The van der Waals surface area contributed by atoms with Crippen LogP contribution in [0.25, 0.3) is 21.8 Å². The smallest absolute Gasteiger partial charge is 0.306 e. The summed E-state index contributed by atoms with van der Waals surface area (Å²) in [6.07, 6.45) is 3.49. The number of methoxy groups -OCH3 is 1. The zero-order valence-corrected chi connectivity index (χ0v) is 17.5. The maximum Gasteiger partial charge on any atom is 0.306 e. The quantitative estimate of drug-likeness (QED) is 0.218. The summed E-state index contributed by atoms with van der Waals surface area (Å²) in [4.78, 5) is 16.5. The molecule has 0 bridgehead atoms. The van der Waals surface area contributed by atoms with Crippen molar-refractivity contribution in [2.75, 3.05) is 31.3 Å². The molecule has 1 aromatic heterocycles. The Hall–Kier alpha value is -2.73. The Balaban J connectivity index is 1.91. The fourth-order valence-electron chi connectivity index (χ4n) is 3.28. The second-order valence-corrected chi connectivity index (χ2v) is 7.14. The van der Waals surface area contributed by atoms with Crippen LogP contribution < -0.4 is 10.1 Å². The molecule has 0 unspecified atom stereocenters. The number of rotatable bonds is 10. The Labute approximate surface area is 176 Å². The highest BCUT2D eigenvalue weighted by Crippen LogP contribution is 2.33.